The molecule has 1 heterocycles. The van der Waals surface area contributed by atoms with Crippen molar-refractivity contribution in [1.29, 1.82) is 0 Å². The quantitative estimate of drug-likeness (QED) is 0.425. The molecule has 0 radical (unpaired) electrons. The van der Waals surface area contributed by atoms with Crippen molar-refractivity contribution in [3.05, 3.63) is 83.4 Å². The minimum atomic E-state index is -0.576. The molecule has 0 bridgehead atoms. The second kappa shape index (κ2) is 12.0. The Morgan fingerprint density at radius 1 is 1.03 bits per heavy atom. The minimum Gasteiger partial charge on any atom is -0.493 e. The van der Waals surface area contributed by atoms with Crippen molar-refractivity contribution in [2.45, 2.75) is 31.9 Å². The van der Waals surface area contributed by atoms with E-state index in [1.807, 2.05) is 80.6 Å². The number of benzene rings is 3. The summed E-state index contributed by atoms with van der Waals surface area (Å²) in [6.07, 6.45) is 0.695. The van der Waals surface area contributed by atoms with E-state index in [0.717, 1.165) is 28.1 Å². The summed E-state index contributed by atoms with van der Waals surface area (Å²) in [6.45, 7) is 4.40. The highest BCUT2D eigenvalue weighted by atomic mass is 32.2. The van der Waals surface area contributed by atoms with Gasteiger partial charge in [-0.3, -0.25) is 14.5 Å². The normalized spacial score (nSPS) is 16.5. The van der Waals surface area contributed by atoms with Crippen molar-refractivity contribution in [3.8, 4) is 11.5 Å². The monoisotopic (exact) mass is 517 g/mol. The predicted octanol–water partition coefficient (Wildman–Crippen LogP) is 5.52. The molecule has 0 spiro atoms. The van der Waals surface area contributed by atoms with Gasteiger partial charge >= 0.3 is 0 Å². The van der Waals surface area contributed by atoms with Crippen LogP contribution in [0.1, 0.15) is 23.1 Å². The lowest BCUT2D eigenvalue weighted by Crippen LogP contribution is -2.46. The van der Waals surface area contributed by atoms with Crippen molar-refractivity contribution in [2.24, 2.45) is 4.99 Å². The Bertz CT molecular complexity index is 1310. The fraction of sp³-hybridized carbons (Fsp3) is 0.276. The highest BCUT2D eigenvalue weighted by Gasteiger charge is 2.36. The highest BCUT2D eigenvalue weighted by Crippen LogP contribution is 2.32. The highest BCUT2D eigenvalue weighted by molar-refractivity contribution is 8.15. The van der Waals surface area contributed by atoms with Crippen LogP contribution in [0, 0.1) is 13.8 Å². The molecule has 0 aromatic heterocycles. The smallest absolute Gasteiger partial charge is 0.238 e. The SMILES string of the molecule is COc1ccc(CCN2C(=O)CC(C(=O)Nc3ccc(C)cc3C)SC2=Nc2ccccc2)cc1OC. The van der Waals surface area contributed by atoms with Crippen LogP contribution in [0.3, 0.4) is 0 Å². The number of amides is 2. The molecular weight excluding hydrogens is 486 g/mol. The van der Waals surface area contributed by atoms with Gasteiger partial charge in [0.25, 0.3) is 0 Å². The Balaban J connectivity index is 1.54. The van der Waals surface area contributed by atoms with E-state index in [9.17, 15) is 9.59 Å². The van der Waals surface area contributed by atoms with Crippen LogP contribution in [0.2, 0.25) is 0 Å². The molecule has 192 valence electrons. The van der Waals surface area contributed by atoms with E-state index in [4.69, 9.17) is 14.5 Å². The standard InChI is InChI=1S/C29H31N3O4S/c1-19-10-12-23(20(2)16-19)31-28(34)26-18-27(33)32(29(37-26)30-22-8-6-5-7-9-22)15-14-21-11-13-24(35-3)25(17-21)36-4/h5-13,16-17,26H,14-15,18H2,1-4H3,(H,31,34). The summed E-state index contributed by atoms with van der Waals surface area (Å²) in [4.78, 5) is 32.9. The number of carbonyl (C=O) groups excluding carboxylic acids is 2. The molecule has 1 N–H and O–H groups in total. The number of nitrogens with one attached hydrogen (secondary N) is 1. The minimum absolute atomic E-state index is 0.0984. The third-order valence-corrected chi connectivity index (χ3v) is 7.31. The summed E-state index contributed by atoms with van der Waals surface area (Å²) < 4.78 is 10.7. The Kier molecular flexibility index (Phi) is 8.50. The molecule has 0 saturated carbocycles. The van der Waals surface area contributed by atoms with Crippen LogP contribution in [-0.4, -0.2) is 47.9 Å². The van der Waals surface area contributed by atoms with Gasteiger partial charge in [-0.05, 0) is 61.7 Å². The number of rotatable bonds is 8. The number of aryl methyl sites for hydroxylation is 2. The average molecular weight is 518 g/mol. The Labute approximate surface area is 221 Å². The van der Waals surface area contributed by atoms with E-state index in [1.165, 1.54) is 11.8 Å². The summed E-state index contributed by atoms with van der Waals surface area (Å²) in [5.41, 5.74) is 4.59. The molecule has 8 heteroatoms. The zero-order valence-electron chi connectivity index (χ0n) is 21.5. The summed E-state index contributed by atoms with van der Waals surface area (Å²) in [5.74, 6) is 0.959. The number of hydrogen-bond donors (Lipinski definition) is 1. The maximum Gasteiger partial charge on any atom is 0.238 e. The second-order valence-electron chi connectivity index (χ2n) is 8.83. The lowest BCUT2D eigenvalue weighted by molar-refractivity contribution is -0.129. The summed E-state index contributed by atoms with van der Waals surface area (Å²) in [7, 11) is 3.19. The zero-order chi connectivity index (χ0) is 26.4. The third-order valence-electron chi connectivity index (χ3n) is 6.12. The molecule has 1 aliphatic rings. The van der Waals surface area contributed by atoms with Crippen molar-refractivity contribution in [3.63, 3.8) is 0 Å². The molecule has 1 aliphatic heterocycles. The average Bonchev–Trinajstić information content (AvgIpc) is 2.90. The number of para-hydroxylation sites is 1. The van der Waals surface area contributed by atoms with Gasteiger partial charge in [0, 0.05) is 18.7 Å². The number of anilines is 1. The number of thioether (sulfide) groups is 1. The fourth-order valence-electron chi connectivity index (χ4n) is 4.12. The van der Waals surface area contributed by atoms with Crippen LogP contribution in [0.4, 0.5) is 11.4 Å². The topological polar surface area (TPSA) is 80.2 Å². The molecule has 1 saturated heterocycles. The van der Waals surface area contributed by atoms with Crippen molar-refractivity contribution >= 4 is 40.1 Å². The fourth-order valence-corrected chi connectivity index (χ4v) is 5.24. The summed E-state index contributed by atoms with van der Waals surface area (Å²) >= 11 is 1.32. The van der Waals surface area contributed by atoms with E-state index in [2.05, 4.69) is 5.32 Å². The summed E-state index contributed by atoms with van der Waals surface area (Å²) in [6, 6.07) is 21.1. The third kappa shape index (κ3) is 6.51. The Morgan fingerprint density at radius 2 is 1.78 bits per heavy atom. The van der Waals surface area contributed by atoms with Crippen LogP contribution in [-0.2, 0) is 16.0 Å². The molecule has 1 atom stereocenters. The van der Waals surface area contributed by atoms with Gasteiger partial charge < -0.3 is 14.8 Å². The first-order valence-electron chi connectivity index (χ1n) is 12.1. The van der Waals surface area contributed by atoms with Crippen LogP contribution in [0.25, 0.3) is 0 Å². The van der Waals surface area contributed by atoms with Crippen molar-refractivity contribution in [2.75, 3.05) is 26.1 Å². The van der Waals surface area contributed by atoms with E-state index in [1.54, 1.807) is 19.1 Å². The number of hydrogen-bond acceptors (Lipinski definition) is 6. The number of methoxy groups -OCH3 is 2. The second-order valence-corrected chi connectivity index (χ2v) is 10.0. The Hall–Kier alpha value is -3.78. The molecule has 3 aromatic carbocycles. The van der Waals surface area contributed by atoms with Gasteiger partial charge in [-0.25, -0.2) is 4.99 Å². The molecule has 4 rings (SSSR count). The Morgan fingerprint density at radius 3 is 2.49 bits per heavy atom. The maximum atomic E-state index is 13.3. The first kappa shape index (κ1) is 26.3. The molecule has 37 heavy (non-hydrogen) atoms. The van der Waals surface area contributed by atoms with Crippen molar-refractivity contribution in [1.82, 2.24) is 4.90 Å². The lowest BCUT2D eigenvalue weighted by Gasteiger charge is -2.32. The molecule has 1 fully saturated rings. The van der Waals surface area contributed by atoms with Gasteiger partial charge in [0.2, 0.25) is 11.8 Å². The van der Waals surface area contributed by atoms with E-state index >= 15 is 0 Å². The number of aliphatic imine (C=N–C) groups is 1. The first-order valence-corrected chi connectivity index (χ1v) is 13.0. The number of nitrogens with zero attached hydrogens (tertiary/aromatic N) is 2. The van der Waals surface area contributed by atoms with E-state index in [-0.39, 0.29) is 18.2 Å². The largest absolute Gasteiger partial charge is 0.493 e. The lowest BCUT2D eigenvalue weighted by atomic mass is 10.1. The number of ether oxygens (including phenoxy) is 2. The molecule has 0 aliphatic carbocycles. The van der Waals surface area contributed by atoms with Gasteiger partial charge in [0.1, 0.15) is 5.25 Å². The van der Waals surface area contributed by atoms with Gasteiger partial charge in [-0.2, -0.15) is 0 Å². The van der Waals surface area contributed by atoms with Gasteiger partial charge in [0.15, 0.2) is 16.7 Å². The zero-order valence-corrected chi connectivity index (χ0v) is 22.3. The first-order chi connectivity index (χ1) is 17.9. The molecule has 3 aromatic rings. The van der Waals surface area contributed by atoms with Gasteiger partial charge in [-0.1, -0.05) is 53.7 Å². The van der Waals surface area contributed by atoms with Crippen LogP contribution in [0.15, 0.2) is 71.7 Å². The predicted molar refractivity (Wildman–Crippen MR) is 149 cm³/mol. The molecule has 1 unspecified atom stereocenters. The van der Waals surface area contributed by atoms with Gasteiger partial charge in [0.05, 0.1) is 19.9 Å². The van der Waals surface area contributed by atoms with E-state index in [0.29, 0.717) is 29.6 Å². The molecule has 7 nitrogen and oxygen atoms in total. The maximum absolute atomic E-state index is 13.3. The van der Waals surface area contributed by atoms with Crippen molar-refractivity contribution < 1.29 is 19.1 Å². The van der Waals surface area contributed by atoms with Crippen LogP contribution >= 0.6 is 11.8 Å². The number of amidine groups is 1. The van der Waals surface area contributed by atoms with Crippen LogP contribution in [0.5, 0.6) is 11.5 Å². The number of carbonyl (C=O) groups is 2. The van der Waals surface area contributed by atoms with Crippen LogP contribution < -0.4 is 14.8 Å². The van der Waals surface area contributed by atoms with Gasteiger partial charge in [-0.15, -0.1) is 0 Å². The van der Waals surface area contributed by atoms with E-state index < -0.39 is 5.25 Å². The molecule has 2 amide bonds. The summed E-state index contributed by atoms with van der Waals surface area (Å²) in [5, 5.41) is 2.94. The molecular formula is C29H31N3O4S.